The molecule has 2 unspecified atom stereocenters. The molecule has 0 aromatic heterocycles. The molecule has 3 atom stereocenters. The first-order valence-electron chi connectivity index (χ1n) is 11.8. The SMILES string of the molecule is C#CC1C[C@@]2(CN1C(=O)C(CC(C)(C)F)NC(=O)c1cccc(OC(F)(F)F)c1)C(=O)Nc1ccccc12. The average Bonchev–Trinajstić information content (AvgIpc) is 3.34. The van der Waals surface area contributed by atoms with Crippen LogP contribution in [0.2, 0.25) is 0 Å². The van der Waals surface area contributed by atoms with Gasteiger partial charge in [-0.15, -0.1) is 19.6 Å². The molecular weight excluding hydrogens is 506 g/mol. The molecule has 1 fully saturated rings. The van der Waals surface area contributed by atoms with Crippen molar-refractivity contribution < 1.29 is 36.7 Å². The quantitative estimate of drug-likeness (QED) is 0.437. The summed E-state index contributed by atoms with van der Waals surface area (Å²) in [5.74, 6) is -0.0307. The van der Waals surface area contributed by atoms with Gasteiger partial charge in [-0.2, -0.15) is 0 Å². The van der Waals surface area contributed by atoms with Crippen LogP contribution in [0.15, 0.2) is 48.5 Å². The number of nitrogens with zero attached hydrogens (tertiary/aromatic N) is 1. The lowest BCUT2D eigenvalue weighted by Gasteiger charge is -2.30. The second-order valence-corrected chi connectivity index (χ2v) is 9.96. The number of benzene rings is 2. The van der Waals surface area contributed by atoms with Gasteiger partial charge in [0.1, 0.15) is 17.5 Å². The van der Waals surface area contributed by atoms with E-state index >= 15 is 0 Å². The highest BCUT2D eigenvalue weighted by Crippen LogP contribution is 2.46. The lowest BCUT2D eigenvalue weighted by molar-refractivity contribution is -0.274. The molecule has 200 valence electrons. The van der Waals surface area contributed by atoms with Crippen molar-refractivity contribution in [1.29, 1.82) is 0 Å². The molecule has 0 bridgehead atoms. The van der Waals surface area contributed by atoms with Crippen molar-refractivity contribution in [3.05, 3.63) is 59.7 Å². The first-order chi connectivity index (χ1) is 17.7. The summed E-state index contributed by atoms with van der Waals surface area (Å²) in [6.07, 6.45) is 0.446. The Morgan fingerprint density at radius 1 is 1.21 bits per heavy atom. The molecule has 1 spiro atoms. The highest BCUT2D eigenvalue weighted by atomic mass is 19.4. The van der Waals surface area contributed by atoms with Gasteiger partial charge in [-0.3, -0.25) is 14.4 Å². The Kier molecular flexibility index (Phi) is 6.86. The molecule has 3 amide bonds. The zero-order valence-electron chi connectivity index (χ0n) is 20.6. The van der Waals surface area contributed by atoms with Crippen LogP contribution in [0.5, 0.6) is 5.75 Å². The van der Waals surface area contributed by atoms with Gasteiger partial charge in [0.25, 0.3) is 5.91 Å². The maximum atomic E-state index is 14.8. The molecule has 1 saturated heterocycles. The van der Waals surface area contributed by atoms with E-state index in [9.17, 15) is 31.9 Å². The number of carbonyl (C=O) groups is 3. The van der Waals surface area contributed by atoms with Gasteiger partial charge in [0.15, 0.2) is 0 Å². The number of likely N-dealkylation sites (tertiary alicyclic amines) is 1. The van der Waals surface area contributed by atoms with Crippen LogP contribution in [0, 0.1) is 12.3 Å². The number of halogens is 4. The molecule has 2 aromatic carbocycles. The summed E-state index contributed by atoms with van der Waals surface area (Å²) in [7, 11) is 0. The second-order valence-electron chi connectivity index (χ2n) is 9.96. The number of para-hydroxylation sites is 1. The molecule has 0 radical (unpaired) electrons. The van der Waals surface area contributed by atoms with E-state index in [-0.39, 0.29) is 24.4 Å². The Balaban J connectivity index is 1.61. The third-order valence-electron chi connectivity index (χ3n) is 6.58. The van der Waals surface area contributed by atoms with Gasteiger partial charge in [0.05, 0.1) is 11.5 Å². The van der Waals surface area contributed by atoms with E-state index in [1.165, 1.54) is 30.9 Å². The summed E-state index contributed by atoms with van der Waals surface area (Å²) >= 11 is 0. The summed E-state index contributed by atoms with van der Waals surface area (Å²) in [4.78, 5) is 41.0. The number of terminal acetylenes is 1. The number of alkyl halides is 4. The molecule has 38 heavy (non-hydrogen) atoms. The molecule has 2 aliphatic heterocycles. The van der Waals surface area contributed by atoms with E-state index in [1.54, 1.807) is 24.3 Å². The minimum absolute atomic E-state index is 0.0858. The topological polar surface area (TPSA) is 87.7 Å². The smallest absolute Gasteiger partial charge is 0.406 e. The van der Waals surface area contributed by atoms with Crippen molar-refractivity contribution in [2.75, 3.05) is 11.9 Å². The van der Waals surface area contributed by atoms with Crippen LogP contribution in [-0.2, 0) is 15.0 Å². The monoisotopic (exact) mass is 531 g/mol. The van der Waals surface area contributed by atoms with Gasteiger partial charge in [-0.25, -0.2) is 4.39 Å². The van der Waals surface area contributed by atoms with E-state index in [2.05, 4.69) is 21.3 Å². The minimum Gasteiger partial charge on any atom is -0.406 e. The van der Waals surface area contributed by atoms with Crippen LogP contribution in [0.25, 0.3) is 0 Å². The van der Waals surface area contributed by atoms with Gasteiger partial charge in [0.2, 0.25) is 11.8 Å². The van der Waals surface area contributed by atoms with E-state index in [1.807, 2.05) is 0 Å². The maximum Gasteiger partial charge on any atom is 0.573 e. The Bertz CT molecular complexity index is 1310. The number of carbonyl (C=O) groups excluding carboxylic acids is 3. The standard InChI is InChI=1S/C27H25F4N3O4/c1-4-17-13-26(19-10-5-6-11-20(19)33-24(26)37)15-34(17)23(36)21(14-25(2,3)28)32-22(35)16-8-7-9-18(12-16)38-27(29,30)31/h1,5-12,17,21H,13-15H2,2-3H3,(H,32,35)(H,33,37)/t17?,21?,26-/m0/s1. The summed E-state index contributed by atoms with van der Waals surface area (Å²) in [5.41, 5.74) is -1.94. The van der Waals surface area contributed by atoms with Gasteiger partial charge >= 0.3 is 6.36 Å². The average molecular weight is 532 g/mol. The fourth-order valence-electron chi connectivity index (χ4n) is 4.98. The summed E-state index contributed by atoms with van der Waals surface area (Å²) in [6, 6.07) is 9.10. The predicted octanol–water partition coefficient (Wildman–Crippen LogP) is 3.95. The van der Waals surface area contributed by atoms with E-state index in [4.69, 9.17) is 6.42 Å². The van der Waals surface area contributed by atoms with Crippen molar-refractivity contribution in [2.45, 2.75) is 56.2 Å². The Morgan fingerprint density at radius 2 is 1.92 bits per heavy atom. The first kappa shape index (κ1) is 27.0. The largest absolute Gasteiger partial charge is 0.573 e. The number of fused-ring (bicyclic) bond motifs is 2. The lowest BCUT2D eigenvalue weighted by Crippen LogP contribution is -2.52. The van der Waals surface area contributed by atoms with Crippen LogP contribution < -0.4 is 15.4 Å². The molecular formula is C27H25F4N3O4. The normalized spacial score (nSPS) is 21.4. The van der Waals surface area contributed by atoms with Crippen LogP contribution in [0.1, 0.15) is 42.6 Å². The third kappa shape index (κ3) is 5.44. The van der Waals surface area contributed by atoms with Gasteiger partial charge in [-0.05, 0) is 50.1 Å². The van der Waals surface area contributed by atoms with Crippen LogP contribution in [-0.4, -0.2) is 53.3 Å². The zero-order valence-corrected chi connectivity index (χ0v) is 20.6. The number of anilines is 1. The van der Waals surface area contributed by atoms with Crippen LogP contribution in [0.3, 0.4) is 0 Å². The Labute approximate surface area is 216 Å². The number of nitrogens with one attached hydrogen (secondary N) is 2. The number of rotatable bonds is 6. The molecule has 2 heterocycles. The zero-order chi connectivity index (χ0) is 27.9. The van der Waals surface area contributed by atoms with Crippen LogP contribution >= 0.6 is 0 Å². The fourth-order valence-corrected chi connectivity index (χ4v) is 4.98. The summed E-state index contributed by atoms with van der Waals surface area (Å²) in [5, 5.41) is 5.24. The fraction of sp³-hybridized carbons (Fsp3) is 0.370. The van der Waals surface area contributed by atoms with Crippen molar-refractivity contribution in [3.8, 4) is 18.1 Å². The number of hydrogen-bond donors (Lipinski definition) is 2. The van der Waals surface area contributed by atoms with Gasteiger partial charge < -0.3 is 20.3 Å². The summed E-state index contributed by atoms with van der Waals surface area (Å²) < 4.78 is 56.4. The Morgan fingerprint density at radius 3 is 2.58 bits per heavy atom. The molecule has 4 rings (SSSR count). The molecule has 2 aromatic rings. The van der Waals surface area contributed by atoms with E-state index in [0.29, 0.717) is 11.3 Å². The van der Waals surface area contributed by atoms with Crippen molar-refractivity contribution in [1.82, 2.24) is 10.2 Å². The van der Waals surface area contributed by atoms with Crippen LogP contribution in [0.4, 0.5) is 23.2 Å². The molecule has 0 saturated carbocycles. The number of ether oxygens (including phenoxy) is 1. The van der Waals surface area contributed by atoms with Gasteiger partial charge in [0, 0.05) is 24.2 Å². The molecule has 11 heteroatoms. The first-order valence-corrected chi connectivity index (χ1v) is 11.8. The minimum atomic E-state index is -4.97. The lowest BCUT2D eigenvalue weighted by atomic mass is 9.79. The van der Waals surface area contributed by atoms with E-state index < -0.39 is 53.5 Å². The highest BCUT2D eigenvalue weighted by molar-refractivity contribution is 6.07. The highest BCUT2D eigenvalue weighted by Gasteiger charge is 2.56. The molecule has 2 N–H and O–H groups in total. The second kappa shape index (κ2) is 9.67. The molecule has 2 aliphatic rings. The van der Waals surface area contributed by atoms with Crippen molar-refractivity contribution in [3.63, 3.8) is 0 Å². The maximum absolute atomic E-state index is 14.8. The summed E-state index contributed by atoms with van der Waals surface area (Å²) in [6.45, 7) is 2.36. The Hall–Kier alpha value is -4.07. The molecule has 0 aliphatic carbocycles. The number of amides is 3. The molecule has 7 nitrogen and oxygen atoms in total. The van der Waals surface area contributed by atoms with Gasteiger partial charge in [-0.1, -0.05) is 30.2 Å². The van der Waals surface area contributed by atoms with Crippen molar-refractivity contribution >= 4 is 23.4 Å². The third-order valence-corrected chi connectivity index (χ3v) is 6.58. The van der Waals surface area contributed by atoms with Crippen molar-refractivity contribution in [2.24, 2.45) is 0 Å². The van der Waals surface area contributed by atoms with E-state index in [0.717, 1.165) is 12.1 Å². The predicted molar refractivity (Wildman–Crippen MR) is 130 cm³/mol. The number of hydrogen-bond acceptors (Lipinski definition) is 4.